The number of urea groups is 1. The van der Waals surface area contributed by atoms with E-state index in [1.54, 1.807) is 17.0 Å². The predicted octanol–water partition coefficient (Wildman–Crippen LogP) is 6.76. The molecule has 3 rings (SSSR count). The molecule has 0 aromatic heterocycles. The largest absolute Gasteiger partial charge is 0.399 e. The summed E-state index contributed by atoms with van der Waals surface area (Å²) < 4.78 is 0. The van der Waals surface area contributed by atoms with Crippen LogP contribution in [-0.4, -0.2) is 11.0 Å². The lowest BCUT2D eigenvalue weighted by atomic mass is 10.0. The van der Waals surface area contributed by atoms with E-state index in [4.69, 9.17) is 17.3 Å². The number of benzene rings is 3. The van der Waals surface area contributed by atoms with Crippen LogP contribution >= 0.6 is 11.6 Å². The second-order valence-electron chi connectivity index (χ2n) is 7.95. The molecular formula is C26H29ClN4O3. The van der Waals surface area contributed by atoms with Crippen molar-refractivity contribution in [2.24, 2.45) is 0 Å². The molecule has 0 atom stereocenters. The van der Waals surface area contributed by atoms with Gasteiger partial charge in [0.1, 0.15) is 0 Å². The van der Waals surface area contributed by atoms with E-state index in [1.807, 2.05) is 50.2 Å². The number of nitro benzene ring substituents is 1. The fraction of sp³-hybridized carbons (Fsp3) is 0.269. The topological polar surface area (TPSA) is 102 Å². The van der Waals surface area contributed by atoms with Gasteiger partial charge in [-0.3, -0.25) is 15.0 Å². The van der Waals surface area contributed by atoms with Crippen molar-refractivity contribution in [3.05, 3.63) is 92.0 Å². The molecule has 0 unspecified atom stereocenters. The van der Waals surface area contributed by atoms with Crippen LogP contribution in [0, 0.1) is 10.1 Å². The molecule has 0 aliphatic rings. The van der Waals surface area contributed by atoms with Gasteiger partial charge in [0.2, 0.25) is 0 Å². The van der Waals surface area contributed by atoms with Gasteiger partial charge in [-0.2, -0.15) is 0 Å². The van der Waals surface area contributed by atoms with Crippen LogP contribution in [0.5, 0.6) is 0 Å². The molecule has 8 heteroatoms. The van der Waals surface area contributed by atoms with E-state index in [9.17, 15) is 14.9 Å². The fourth-order valence-electron chi connectivity index (χ4n) is 3.91. The van der Waals surface area contributed by atoms with Gasteiger partial charge in [0, 0.05) is 17.4 Å². The van der Waals surface area contributed by atoms with Crippen molar-refractivity contribution in [1.82, 2.24) is 0 Å². The summed E-state index contributed by atoms with van der Waals surface area (Å²) in [6.07, 6.45) is 1.78. The Labute approximate surface area is 204 Å². The van der Waals surface area contributed by atoms with E-state index in [-0.39, 0.29) is 10.7 Å². The van der Waals surface area contributed by atoms with Crippen molar-refractivity contribution >= 4 is 40.4 Å². The molecule has 0 bridgehead atoms. The highest BCUT2D eigenvalue weighted by atomic mass is 35.5. The van der Waals surface area contributed by atoms with Gasteiger partial charge in [0.25, 0.3) is 5.69 Å². The van der Waals surface area contributed by atoms with Crippen LogP contribution in [0.2, 0.25) is 5.02 Å². The molecule has 0 saturated carbocycles. The van der Waals surface area contributed by atoms with E-state index >= 15 is 0 Å². The van der Waals surface area contributed by atoms with Crippen molar-refractivity contribution in [3.63, 3.8) is 0 Å². The number of rotatable bonds is 8. The third-order valence-electron chi connectivity index (χ3n) is 5.82. The van der Waals surface area contributed by atoms with Crippen LogP contribution in [0.25, 0.3) is 0 Å². The van der Waals surface area contributed by atoms with Crippen molar-refractivity contribution in [1.29, 1.82) is 0 Å². The zero-order valence-corrected chi connectivity index (χ0v) is 20.4. The molecule has 0 aliphatic heterocycles. The zero-order chi connectivity index (χ0) is 24.8. The number of aryl methyl sites for hydroxylation is 1. The Bertz CT molecular complexity index is 1180. The predicted molar refractivity (Wildman–Crippen MR) is 139 cm³/mol. The molecule has 0 fully saturated rings. The van der Waals surface area contributed by atoms with E-state index in [1.165, 1.54) is 6.07 Å². The van der Waals surface area contributed by atoms with Crippen molar-refractivity contribution in [2.75, 3.05) is 16.0 Å². The number of nitrogen functional groups attached to an aromatic ring is 1. The van der Waals surface area contributed by atoms with Gasteiger partial charge in [-0.25, -0.2) is 4.79 Å². The Morgan fingerprint density at radius 2 is 1.56 bits per heavy atom. The van der Waals surface area contributed by atoms with Crippen molar-refractivity contribution in [2.45, 2.75) is 46.6 Å². The van der Waals surface area contributed by atoms with Gasteiger partial charge >= 0.3 is 6.03 Å². The van der Waals surface area contributed by atoms with Crippen LogP contribution in [0.4, 0.5) is 27.5 Å². The van der Waals surface area contributed by atoms with Crippen LogP contribution in [0.3, 0.4) is 0 Å². The number of anilines is 3. The lowest BCUT2D eigenvalue weighted by molar-refractivity contribution is -0.385. The smallest absolute Gasteiger partial charge is 0.326 e. The second kappa shape index (κ2) is 11.0. The monoisotopic (exact) mass is 480 g/mol. The molecule has 34 heavy (non-hydrogen) atoms. The SMILES string of the molecule is CCc1ccc(N(Cc2ccc(N)cc2)C(=O)Nc2c(CC)c(Cl)cc([N+](=O)[O-])c2CC)cc1. The summed E-state index contributed by atoms with van der Waals surface area (Å²) >= 11 is 6.38. The molecule has 7 nitrogen and oxygen atoms in total. The molecule has 2 amide bonds. The number of hydrogen-bond acceptors (Lipinski definition) is 4. The maximum atomic E-state index is 13.6. The molecular weight excluding hydrogens is 452 g/mol. The number of nitrogens with two attached hydrogens (primary N) is 1. The minimum absolute atomic E-state index is 0.0996. The minimum atomic E-state index is -0.463. The van der Waals surface area contributed by atoms with Crippen molar-refractivity contribution < 1.29 is 9.72 Å². The molecule has 3 N–H and O–H groups in total. The van der Waals surface area contributed by atoms with E-state index in [0.29, 0.717) is 47.6 Å². The number of nitrogens with zero attached hydrogens (tertiary/aromatic N) is 2. The Kier molecular flexibility index (Phi) is 8.12. The summed E-state index contributed by atoms with van der Waals surface area (Å²) in [6, 6.07) is 16.0. The first-order chi connectivity index (χ1) is 16.3. The van der Waals surface area contributed by atoms with E-state index in [2.05, 4.69) is 12.2 Å². The lowest BCUT2D eigenvalue weighted by Crippen LogP contribution is -2.35. The van der Waals surface area contributed by atoms with Gasteiger partial charge in [-0.05, 0) is 60.2 Å². The highest BCUT2D eigenvalue weighted by Crippen LogP contribution is 2.37. The van der Waals surface area contributed by atoms with Crippen LogP contribution in [-0.2, 0) is 25.8 Å². The average molecular weight is 481 g/mol. The quantitative estimate of drug-likeness (QED) is 0.211. The van der Waals surface area contributed by atoms with E-state index in [0.717, 1.165) is 17.5 Å². The number of carbonyl (C=O) groups excluding carboxylic acids is 1. The average Bonchev–Trinajstić information content (AvgIpc) is 2.83. The second-order valence-corrected chi connectivity index (χ2v) is 8.36. The van der Waals surface area contributed by atoms with E-state index < -0.39 is 11.0 Å². The maximum absolute atomic E-state index is 13.6. The Hall–Kier alpha value is -3.58. The molecule has 0 spiro atoms. The number of carbonyl (C=O) groups is 1. The van der Waals surface area contributed by atoms with Crippen LogP contribution in [0.1, 0.15) is 43.0 Å². The first-order valence-electron chi connectivity index (χ1n) is 11.3. The number of amides is 2. The lowest BCUT2D eigenvalue weighted by Gasteiger charge is -2.25. The molecule has 0 radical (unpaired) electrons. The summed E-state index contributed by atoms with van der Waals surface area (Å²) in [6.45, 7) is 6.08. The normalized spacial score (nSPS) is 10.7. The molecule has 0 saturated heterocycles. The number of nitro groups is 1. The number of hydrogen-bond donors (Lipinski definition) is 2. The Morgan fingerprint density at radius 3 is 2.09 bits per heavy atom. The molecule has 0 heterocycles. The third kappa shape index (κ3) is 5.48. The first-order valence-corrected chi connectivity index (χ1v) is 11.7. The van der Waals surface area contributed by atoms with Crippen LogP contribution < -0.4 is 16.0 Å². The molecule has 3 aromatic rings. The fourth-order valence-corrected chi connectivity index (χ4v) is 4.24. The molecule has 3 aromatic carbocycles. The summed E-state index contributed by atoms with van der Waals surface area (Å²) in [5, 5.41) is 14.9. The zero-order valence-electron chi connectivity index (χ0n) is 19.6. The maximum Gasteiger partial charge on any atom is 0.326 e. The third-order valence-corrected chi connectivity index (χ3v) is 6.16. The number of nitrogens with one attached hydrogen (secondary N) is 1. The summed E-state index contributed by atoms with van der Waals surface area (Å²) in [5.41, 5.74) is 10.6. The summed E-state index contributed by atoms with van der Waals surface area (Å²) in [7, 11) is 0. The Balaban J connectivity index is 2.06. The summed E-state index contributed by atoms with van der Waals surface area (Å²) in [4.78, 5) is 26.5. The van der Waals surface area contributed by atoms with Gasteiger partial charge in [-0.1, -0.05) is 56.6 Å². The number of halogens is 1. The van der Waals surface area contributed by atoms with Gasteiger partial charge in [0.15, 0.2) is 0 Å². The highest BCUT2D eigenvalue weighted by molar-refractivity contribution is 6.32. The molecule has 0 aliphatic carbocycles. The minimum Gasteiger partial charge on any atom is -0.399 e. The summed E-state index contributed by atoms with van der Waals surface area (Å²) in [5.74, 6) is 0. The first kappa shape index (κ1) is 25.1. The van der Waals surface area contributed by atoms with Gasteiger partial charge < -0.3 is 11.1 Å². The van der Waals surface area contributed by atoms with Crippen molar-refractivity contribution in [3.8, 4) is 0 Å². The Morgan fingerprint density at radius 1 is 0.971 bits per heavy atom. The van der Waals surface area contributed by atoms with Gasteiger partial charge in [-0.15, -0.1) is 0 Å². The van der Waals surface area contributed by atoms with Crippen LogP contribution in [0.15, 0.2) is 54.6 Å². The molecule has 178 valence electrons. The standard InChI is InChI=1S/C26H29ClN4O3/c1-4-17-9-13-20(14-10-17)30(16-18-7-11-19(28)12-8-18)26(32)29-25-21(5-2)23(27)15-24(31(33)34)22(25)6-3/h7-15H,4-6,16,28H2,1-3H3,(H,29,32). The van der Waals surface area contributed by atoms with Gasteiger partial charge in [0.05, 0.1) is 27.7 Å². The highest BCUT2D eigenvalue weighted by Gasteiger charge is 2.25.